The summed E-state index contributed by atoms with van der Waals surface area (Å²) in [5.41, 5.74) is 0. The molecule has 0 aliphatic carbocycles. The summed E-state index contributed by atoms with van der Waals surface area (Å²) >= 11 is 0. The lowest BCUT2D eigenvalue weighted by molar-refractivity contribution is -0.140. The average Bonchev–Trinajstić information content (AvgIpc) is 2.80. The van der Waals surface area contributed by atoms with Gasteiger partial charge in [0.1, 0.15) is 0 Å². The Bertz CT molecular complexity index is 394. The number of methoxy groups -OCH3 is 1. The molecule has 0 saturated carbocycles. The molecule has 0 amide bonds. The van der Waals surface area contributed by atoms with Gasteiger partial charge >= 0.3 is 5.97 Å². The Morgan fingerprint density at radius 1 is 1.32 bits per heavy atom. The number of cyclic esters (lactones) is 1. The minimum Gasteiger partial charge on any atom is -0.494 e. The highest BCUT2D eigenvalue weighted by Gasteiger charge is 2.17. The summed E-state index contributed by atoms with van der Waals surface area (Å²) in [6.45, 7) is 5.91. The van der Waals surface area contributed by atoms with E-state index in [2.05, 4.69) is 4.74 Å². The topological polar surface area (TPSA) is 35.5 Å². The monoisotopic (exact) mass is 274 g/mol. The van der Waals surface area contributed by atoms with E-state index in [4.69, 9.17) is 4.74 Å². The molecule has 1 aromatic rings. The molecule has 19 heavy (non-hydrogen) atoms. The first kappa shape index (κ1) is 17.4. The van der Waals surface area contributed by atoms with Crippen molar-refractivity contribution in [3.8, 4) is 5.75 Å². The van der Waals surface area contributed by atoms with E-state index in [9.17, 15) is 13.6 Å². The van der Waals surface area contributed by atoms with Crippen molar-refractivity contribution in [2.24, 2.45) is 0 Å². The van der Waals surface area contributed by atoms with Crippen LogP contribution in [-0.4, -0.2) is 19.2 Å². The van der Waals surface area contributed by atoms with Crippen molar-refractivity contribution in [2.45, 2.75) is 39.7 Å². The van der Waals surface area contributed by atoms with Crippen LogP contribution < -0.4 is 4.74 Å². The third kappa shape index (κ3) is 6.18. The van der Waals surface area contributed by atoms with Crippen molar-refractivity contribution in [3.63, 3.8) is 0 Å². The Hall–Kier alpha value is -1.65. The lowest BCUT2D eigenvalue weighted by Gasteiger charge is -1.99. The molecule has 1 heterocycles. The van der Waals surface area contributed by atoms with Crippen LogP contribution in [-0.2, 0) is 9.53 Å². The second kappa shape index (κ2) is 9.30. The quantitative estimate of drug-likeness (QED) is 0.732. The van der Waals surface area contributed by atoms with Crippen molar-refractivity contribution >= 4 is 5.97 Å². The Kier molecular flexibility index (Phi) is 8.49. The summed E-state index contributed by atoms with van der Waals surface area (Å²) < 4.78 is 34.0. The highest BCUT2D eigenvalue weighted by Crippen LogP contribution is 2.17. The summed E-state index contributed by atoms with van der Waals surface area (Å²) in [5.74, 6) is -1.95. The molecule has 0 radical (unpaired) electrons. The number of esters is 1. The van der Waals surface area contributed by atoms with Crippen LogP contribution in [0.3, 0.4) is 0 Å². The summed E-state index contributed by atoms with van der Waals surface area (Å²) in [6, 6.07) is 3.79. The first-order valence-electron chi connectivity index (χ1n) is 6.22. The van der Waals surface area contributed by atoms with Crippen molar-refractivity contribution in [1.29, 1.82) is 0 Å². The van der Waals surface area contributed by atoms with Crippen molar-refractivity contribution in [3.05, 3.63) is 29.8 Å². The van der Waals surface area contributed by atoms with Crippen LogP contribution in [0.15, 0.2) is 18.2 Å². The van der Waals surface area contributed by atoms with Crippen molar-refractivity contribution < 1.29 is 23.0 Å². The van der Waals surface area contributed by atoms with Gasteiger partial charge in [-0.05, 0) is 25.5 Å². The molecule has 1 aliphatic heterocycles. The Morgan fingerprint density at radius 2 is 1.95 bits per heavy atom. The molecule has 2 rings (SSSR count). The number of benzene rings is 1. The molecule has 5 heteroatoms. The van der Waals surface area contributed by atoms with E-state index in [0.717, 1.165) is 12.5 Å². The van der Waals surface area contributed by atoms with E-state index >= 15 is 0 Å². The highest BCUT2D eigenvalue weighted by molar-refractivity contribution is 5.71. The van der Waals surface area contributed by atoms with Gasteiger partial charge < -0.3 is 9.47 Å². The van der Waals surface area contributed by atoms with Gasteiger partial charge in [-0.2, -0.15) is 4.39 Å². The molecule has 1 fully saturated rings. The highest BCUT2D eigenvalue weighted by atomic mass is 19.2. The number of rotatable bonds is 1. The van der Waals surface area contributed by atoms with E-state index in [1.165, 1.54) is 19.2 Å². The van der Waals surface area contributed by atoms with Crippen LogP contribution >= 0.6 is 0 Å². The van der Waals surface area contributed by atoms with E-state index in [1.54, 1.807) is 0 Å². The van der Waals surface area contributed by atoms with Gasteiger partial charge in [0.15, 0.2) is 11.6 Å². The van der Waals surface area contributed by atoms with E-state index < -0.39 is 11.6 Å². The van der Waals surface area contributed by atoms with E-state index in [0.29, 0.717) is 6.42 Å². The molecule has 108 valence electrons. The number of carbonyl (C=O) groups excluding carboxylic acids is 1. The second-order valence-corrected chi connectivity index (χ2v) is 3.60. The van der Waals surface area contributed by atoms with Crippen molar-refractivity contribution in [1.82, 2.24) is 0 Å². The van der Waals surface area contributed by atoms with Crippen LogP contribution in [0.1, 0.15) is 33.6 Å². The first-order valence-corrected chi connectivity index (χ1v) is 6.22. The molecule has 3 nitrogen and oxygen atoms in total. The average molecular weight is 274 g/mol. The lowest BCUT2D eigenvalue weighted by atomic mass is 10.3. The number of halogens is 2. The SMILES string of the molecule is CC.CC1CCC(=O)O1.COc1cccc(F)c1F. The molecular weight excluding hydrogens is 254 g/mol. The maximum Gasteiger partial charge on any atom is 0.306 e. The normalized spacial score (nSPS) is 16.5. The summed E-state index contributed by atoms with van der Waals surface area (Å²) in [6.07, 6.45) is 1.69. The van der Waals surface area contributed by atoms with Crippen LogP contribution in [0.5, 0.6) is 5.75 Å². The minimum atomic E-state index is -0.940. The molecule has 0 bridgehead atoms. The molecular formula is C14H20F2O3. The molecule has 1 atom stereocenters. The zero-order chi connectivity index (χ0) is 14.8. The van der Waals surface area contributed by atoms with Crippen LogP contribution in [0.2, 0.25) is 0 Å². The second-order valence-electron chi connectivity index (χ2n) is 3.60. The fourth-order valence-electron chi connectivity index (χ4n) is 1.31. The van der Waals surface area contributed by atoms with E-state index in [-0.39, 0.29) is 17.8 Å². The van der Waals surface area contributed by atoms with Gasteiger partial charge in [-0.15, -0.1) is 0 Å². The van der Waals surface area contributed by atoms with Gasteiger partial charge in [0.2, 0.25) is 5.82 Å². The lowest BCUT2D eigenvalue weighted by Crippen LogP contribution is -1.98. The summed E-state index contributed by atoms with van der Waals surface area (Å²) in [7, 11) is 1.29. The maximum atomic E-state index is 12.5. The minimum absolute atomic E-state index is 0.0486. The number of ether oxygens (including phenoxy) is 2. The summed E-state index contributed by atoms with van der Waals surface area (Å²) in [4.78, 5) is 10.2. The third-order valence-electron chi connectivity index (χ3n) is 2.22. The zero-order valence-corrected chi connectivity index (χ0v) is 11.7. The predicted molar refractivity (Wildman–Crippen MR) is 69.0 cm³/mol. The number of carbonyl (C=O) groups is 1. The summed E-state index contributed by atoms with van der Waals surface area (Å²) in [5, 5.41) is 0. The Morgan fingerprint density at radius 3 is 2.26 bits per heavy atom. The van der Waals surface area contributed by atoms with Gasteiger partial charge in [-0.25, -0.2) is 4.39 Å². The molecule has 1 unspecified atom stereocenters. The molecule has 1 aromatic carbocycles. The third-order valence-corrected chi connectivity index (χ3v) is 2.22. The maximum absolute atomic E-state index is 12.5. The Balaban J connectivity index is 0.000000316. The molecule has 1 aliphatic rings. The van der Waals surface area contributed by atoms with Gasteiger partial charge in [-0.1, -0.05) is 19.9 Å². The van der Waals surface area contributed by atoms with Crippen molar-refractivity contribution in [2.75, 3.05) is 7.11 Å². The number of hydrogen-bond donors (Lipinski definition) is 0. The fourth-order valence-corrected chi connectivity index (χ4v) is 1.31. The standard InChI is InChI=1S/C7H6F2O.C5H8O2.C2H6/c1-10-6-4-2-3-5(8)7(6)9;1-4-2-3-5(6)7-4;1-2/h2-4H,1H3;4H,2-3H2,1H3;1-2H3. The van der Waals surface area contributed by atoms with E-state index in [1.807, 2.05) is 20.8 Å². The fraction of sp³-hybridized carbons (Fsp3) is 0.500. The smallest absolute Gasteiger partial charge is 0.306 e. The molecule has 0 aromatic heterocycles. The Labute approximate surface area is 112 Å². The molecule has 0 N–H and O–H groups in total. The first-order chi connectivity index (χ1) is 9.04. The number of hydrogen-bond acceptors (Lipinski definition) is 3. The molecule has 0 spiro atoms. The van der Waals surface area contributed by atoms with Crippen LogP contribution in [0, 0.1) is 11.6 Å². The molecule has 1 saturated heterocycles. The van der Waals surface area contributed by atoms with Gasteiger partial charge in [0, 0.05) is 6.42 Å². The van der Waals surface area contributed by atoms with Crippen LogP contribution in [0.4, 0.5) is 8.78 Å². The largest absolute Gasteiger partial charge is 0.494 e. The van der Waals surface area contributed by atoms with Crippen LogP contribution in [0.25, 0.3) is 0 Å². The van der Waals surface area contributed by atoms with Gasteiger partial charge in [0.05, 0.1) is 13.2 Å². The zero-order valence-electron chi connectivity index (χ0n) is 11.7. The van der Waals surface area contributed by atoms with Gasteiger partial charge in [0.25, 0.3) is 0 Å². The predicted octanol–water partition coefficient (Wildman–Crippen LogP) is 3.71. The van der Waals surface area contributed by atoms with Gasteiger partial charge in [-0.3, -0.25) is 4.79 Å².